The molecule has 2 heterocycles. The molecule has 0 aliphatic carbocycles. The number of H-pyrrole nitrogens is 1. The third-order valence-electron chi connectivity index (χ3n) is 4.43. The quantitative estimate of drug-likeness (QED) is 0.874. The predicted molar refractivity (Wildman–Crippen MR) is 89.0 cm³/mol. The fourth-order valence-corrected chi connectivity index (χ4v) is 2.92. The molecule has 0 unspecified atom stereocenters. The van der Waals surface area contributed by atoms with E-state index < -0.39 is 5.69 Å². The van der Waals surface area contributed by atoms with E-state index in [1.54, 1.807) is 0 Å². The van der Waals surface area contributed by atoms with E-state index in [0.29, 0.717) is 18.1 Å². The zero-order chi connectivity index (χ0) is 16.2. The fraction of sp³-hybridized carbons (Fsp3) is 0.375. The second kappa shape index (κ2) is 4.76. The summed E-state index contributed by atoms with van der Waals surface area (Å²) in [4.78, 5) is 31.2. The van der Waals surface area contributed by atoms with Gasteiger partial charge in [0.2, 0.25) is 0 Å². The summed E-state index contributed by atoms with van der Waals surface area (Å²) < 4.78 is 1.11. The van der Waals surface area contributed by atoms with E-state index in [1.807, 2.05) is 23.8 Å². The first-order valence-electron chi connectivity index (χ1n) is 7.32. The Morgan fingerprint density at radius 2 is 1.64 bits per heavy atom. The molecule has 22 heavy (non-hydrogen) atoms. The van der Waals surface area contributed by atoms with Gasteiger partial charge in [-0.05, 0) is 44.0 Å². The highest BCUT2D eigenvalue weighted by atomic mass is 16.2. The average molecular weight is 300 g/mol. The van der Waals surface area contributed by atoms with E-state index >= 15 is 0 Å². The number of rotatable bonds is 1. The molecule has 0 bridgehead atoms. The number of benzene rings is 1. The molecule has 116 valence electrons. The molecule has 0 spiro atoms. The average Bonchev–Trinajstić information content (AvgIpc) is 2.49. The van der Waals surface area contributed by atoms with E-state index in [1.165, 1.54) is 18.2 Å². The number of anilines is 4. The first-order valence-corrected chi connectivity index (χ1v) is 7.32. The summed E-state index contributed by atoms with van der Waals surface area (Å²) in [6.45, 7) is 6.77. The van der Waals surface area contributed by atoms with Gasteiger partial charge in [-0.1, -0.05) is 0 Å². The molecule has 0 atom stereocenters. The van der Waals surface area contributed by atoms with Crippen LogP contribution in [0.15, 0.2) is 21.7 Å². The maximum Gasteiger partial charge on any atom is 0.329 e. The standard InChI is InChI=1S/C16H20N4O2/c1-6-20-12-8-10(3)9(2)7-11(12)18(4)14-13(20)15(21)19(5)16(22)17-14/h7-8H,6H2,1-5H3,(H,17,22). The van der Waals surface area contributed by atoms with Crippen LogP contribution in [0.3, 0.4) is 0 Å². The summed E-state index contributed by atoms with van der Waals surface area (Å²) in [5.41, 5.74) is 4.16. The molecule has 1 aromatic heterocycles. The Morgan fingerprint density at radius 1 is 1.05 bits per heavy atom. The summed E-state index contributed by atoms with van der Waals surface area (Å²) in [5.74, 6) is 0.547. The maximum atomic E-state index is 12.6. The molecule has 0 saturated heterocycles. The first-order chi connectivity index (χ1) is 10.4. The van der Waals surface area contributed by atoms with Crippen molar-refractivity contribution in [1.29, 1.82) is 0 Å². The van der Waals surface area contributed by atoms with Crippen LogP contribution >= 0.6 is 0 Å². The molecule has 6 heteroatoms. The lowest BCUT2D eigenvalue weighted by Crippen LogP contribution is -2.41. The predicted octanol–water partition coefficient (Wildman–Crippen LogP) is 1.93. The number of hydrogen-bond donors (Lipinski definition) is 1. The topological polar surface area (TPSA) is 61.3 Å². The van der Waals surface area contributed by atoms with Gasteiger partial charge in [-0.2, -0.15) is 0 Å². The number of hydrogen-bond acceptors (Lipinski definition) is 4. The molecule has 2 aromatic rings. The molecule has 6 nitrogen and oxygen atoms in total. The largest absolute Gasteiger partial charge is 0.333 e. The van der Waals surface area contributed by atoms with E-state index in [0.717, 1.165) is 15.9 Å². The molecule has 0 amide bonds. The number of aryl methyl sites for hydroxylation is 2. The summed E-state index contributed by atoms with van der Waals surface area (Å²) in [6, 6.07) is 4.18. The molecule has 1 aliphatic rings. The molecular formula is C16H20N4O2. The van der Waals surface area contributed by atoms with Crippen molar-refractivity contribution in [2.75, 3.05) is 23.4 Å². The highest BCUT2D eigenvalue weighted by Crippen LogP contribution is 2.44. The third-order valence-corrected chi connectivity index (χ3v) is 4.43. The number of nitrogens with zero attached hydrogens (tertiary/aromatic N) is 3. The molecule has 0 fully saturated rings. The van der Waals surface area contributed by atoms with Gasteiger partial charge >= 0.3 is 5.69 Å². The Bertz CT molecular complexity index is 879. The van der Waals surface area contributed by atoms with Gasteiger partial charge in [0.15, 0.2) is 0 Å². The summed E-state index contributed by atoms with van der Waals surface area (Å²) in [6.07, 6.45) is 0. The lowest BCUT2D eigenvalue weighted by atomic mass is 10.0. The van der Waals surface area contributed by atoms with Crippen LogP contribution in [0.4, 0.5) is 22.9 Å². The monoisotopic (exact) mass is 300 g/mol. The van der Waals surface area contributed by atoms with Crippen LogP contribution in [0.5, 0.6) is 0 Å². The van der Waals surface area contributed by atoms with Crippen molar-refractivity contribution >= 4 is 22.9 Å². The molecule has 3 rings (SSSR count). The van der Waals surface area contributed by atoms with E-state index in [4.69, 9.17) is 0 Å². The number of aromatic nitrogens is 2. The van der Waals surface area contributed by atoms with Crippen LogP contribution in [-0.4, -0.2) is 23.1 Å². The van der Waals surface area contributed by atoms with E-state index in [-0.39, 0.29) is 5.56 Å². The van der Waals surface area contributed by atoms with Gasteiger partial charge in [-0.25, -0.2) is 4.79 Å². The Kier molecular flexibility index (Phi) is 3.12. The van der Waals surface area contributed by atoms with Crippen LogP contribution in [0, 0.1) is 13.8 Å². The van der Waals surface area contributed by atoms with E-state index in [9.17, 15) is 9.59 Å². The third kappa shape index (κ3) is 1.80. The minimum atomic E-state index is -0.404. The number of nitrogens with one attached hydrogen (secondary N) is 1. The van der Waals surface area contributed by atoms with Gasteiger partial charge in [-0.15, -0.1) is 0 Å². The van der Waals surface area contributed by atoms with Crippen molar-refractivity contribution in [3.05, 3.63) is 44.1 Å². The van der Waals surface area contributed by atoms with Gasteiger partial charge in [0, 0.05) is 20.6 Å². The van der Waals surface area contributed by atoms with Crippen molar-refractivity contribution in [2.24, 2.45) is 7.05 Å². The Morgan fingerprint density at radius 3 is 2.23 bits per heavy atom. The van der Waals surface area contributed by atoms with Crippen molar-refractivity contribution in [3.8, 4) is 0 Å². The first kappa shape index (κ1) is 14.4. The van der Waals surface area contributed by atoms with Crippen LogP contribution in [0.25, 0.3) is 0 Å². The SMILES string of the molecule is CCN1c2cc(C)c(C)cc2N(C)c2[nH]c(=O)n(C)c(=O)c21. The zero-order valence-electron chi connectivity index (χ0n) is 13.5. The van der Waals surface area contributed by atoms with Crippen molar-refractivity contribution in [1.82, 2.24) is 9.55 Å². The zero-order valence-corrected chi connectivity index (χ0v) is 13.5. The van der Waals surface area contributed by atoms with E-state index in [2.05, 4.69) is 31.0 Å². The van der Waals surface area contributed by atoms with Gasteiger partial charge < -0.3 is 9.80 Å². The van der Waals surface area contributed by atoms with Crippen molar-refractivity contribution < 1.29 is 0 Å². The molecule has 0 radical (unpaired) electrons. The van der Waals surface area contributed by atoms with Crippen LogP contribution in [0.2, 0.25) is 0 Å². The second-order valence-corrected chi connectivity index (χ2v) is 5.72. The molecule has 1 aliphatic heterocycles. The smallest absolute Gasteiger partial charge is 0.329 e. The maximum absolute atomic E-state index is 12.6. The summed E-state index contributed by atoms with van der Waals surface area (Å²) in [5, 5.41) is 0. The lowest BCUT2D eigenvalue weighted by Gasteiger charge is -2.37. The summed E-state index contributed by atoms with van der Waals surface area (Å²) >= 11 is 0. The van der Waals surface area contributed by atoms with Crippen LogP contribution < -0.4 is 21.0 Å². The highest BCUT2D eigenvalue weighted by molar-refractivity contribution is 5.91. The Labute approximate surface area is 128 Å². The van der Waals surface area contributed by atoms with Gasteiger partial charge in [0.05, 0.1) is 11.4 Å². The second-order valence-electron chi connectivity index (χ2n) is 5.72. The molecule has 1 aromatic carbocycles. The van der Waals surface area contributed by atoms with Crippen LogP contribution in [0.1, 0.15) is 18.1 Å². The molecular weight excluding hydrogens is 280 g/mol. The minimum Gasteiger partial charge on any atom is -0.333 e. The van der Waals surface area contributed by atoms with Crippen LogP contribution in [-0.2, 0) is 7.05 Å². The van der Waals surface area contributed by atoms with Crippen molar-refractivity contribution in [3.63, 3.8) is 0 Å². The number of aromatic amines is 1. The molecule has 0 saturated carbocycles. The molecule has 1 N–H and O–H groups in total. The Balaban J connectivity index is 2.40. The van der Waals surface area contributed by atoms with Crippen molar-refractivity contribution in [2.45, 2.75) is 20.8 Å². The lowest BCUT2D eigenvalue weighted by molar-refractivity contribution is 0.761. The van der Waals surface area contributed by atoms with Gasteiger partial charge in [-0.3, -0.25) is 14.3 Å². The summed E-state index contributed by atoms with van der Waals surface area (Å²) in [7, 11) is 3.36. The Hall–Kier alpha value is -2.50. The van der Waals surface area contributed by atoms with Gasteiger partial charge in [0.25, 0.3) is 5.56 Å². The van der Waals surface area contributed by atoms with Gasteiger partial charge in [0.1, 0.15) is 11.5 Å². The fourth-order valence-electron chi connectivity index (χ4n) is 2.92. The normalized spacial score (nSPS) is 13.1. The highest BCUT2D eigenvalue weighted by Gasteiger charge is 2.30. The minimum absolute atomic E-state index is 0.281. The number of fused-ring (bicyclic) bond motifs is 2.